The maximum absolute atomic E-state index is 13.0. The molecule has 5 heteroatoms. The Labute approximate surface area is 136 Å². The number of hydrogen-bond acceptors (Lipinski definition) is 2. The van der Waals surface area contributed by atoms with Crippen LogP contribution in [0.25, 0.3) is 0 Å². The van der Waals surface area contributed by atoms with Gasteiger partial charge in [-0.1, -0.05) is 48.0 Å². The van der Waals surface area contributed by atoms with Gasteiger partial charge in [0.25, 0.3) is 0 Å². The van der Waals surface area contributed by atoms with E-state index < -0.39 is 10.0 Å². The molecule has 116 valence electrons. The van der Waals surface area contributed by atoms with Gasteiger partial charge in [-0.3, -0.25) is 0 Å². The summed E-state index contributed by atoms with van der Waals surface area (Å²) in [4.78, 5) is 0.192. The van der Waals surface area contributed by atoms with Crippen molar-refractivity contribution in [2.24, 2.45) is 0 Å². The van der Waals surface area contributed by atoms with Gasteiger partial charge in [0.15, 0.2) is 0 Å². The van der Waals surface area contributed by atoms with Crippen molar-refractivity contribution in [2.45, 2.75) is 30.7 Å². The van der Waals surface area contributed by atoms with E-state index in [-0.39, 0.29) is 16.0 Å². The van der Waals surface area contributed by atoms with E-state index in [2.05, 4.69) is 0 Å². The van der Waals surface area contributed by atoms with Crippen LogP contribution in [0.15, 0.2) is 53.4 Å². The summed E-state index contributed by atoms with van der Waals surface area (Å²) in [6.45, 7) is 2.56. The topological polar surface area (TPSA) is 37.4 Å². The normalized spacial score (nSPS) is 19.5. The molecule has 1 fully saturated rings. The van der Waals surface area contributed by atoms with Crippen molar-refractivity contribution < 1.29 is 8.42 Å². The quantitative estimate of drug-likeness (QED) is 0.844. The Bertz CT molecular complexity index is 789. The molecule has 0 bridgehead atoms. The van der Waals surface area contributed by atoms with Crippen molar-refractivity contribution in [1.29, 1.82) is 0 Å². The van der Waals surface area contributed by atoms with Crippen LogP contribution in [0.1, 0.15) is 30.0 Å². The van der Waals surface area contributed by atoms with Crippen LogP contribution in [0.4, 0.5) is 0 Å². The molecule has 0 aliphatic carbocycles. The maximum atomic E-state index is 13.0. The summed E-state index contributed by atoms with van der Waals surface area (Å²) in [7, 11) is -3.58. The van der Waals surface area contributed by atoms with E-state index in [1.165, 1.54) is 0 Å². The minimum Gasteiger partial charge on any atom is -0.207 e. The van der Waals surface area contributed by atoms with E-state index in [0.717, 1.165) is 24.0 Å². The molecule has 1 saturated heterocycles. The lowest BCUT2D eigenvalue weighted by atomic mass is 10.0. The molecule has 1 aliphatic heterocycles. The van der Waals surface area contributed by atoms with E-state index in [9.17, 15) is 8.42 Å². The largest absolute Gasteiger partial charge is 0.245 e. The highest BCUT2D eigenvalue weighted by Gasteiger charge is 2.37. The summed E-state index contributed by atoms with van der Waals surface area (Å²) in [5, 5.41) is 0.276. The summed E-state index contributed by atoms with van der Waals surface area (Å²) in [6.07, 6.45) is 1.71. The molecule has 0 N–H and O–H groups in total. The molecule has 2 aromatic rings. The van der Waals surface area contributed by atoms with Crippen molar-refractivity contribution in [1.82, 2.24) is 4.31 Å². The third-order valence-electron chi connectivity index (χ3n) is 4.17. The number of rotatable bonds is 3. The Morgan fingerprint density at radius 1 is 1.09 bits per heavy atom. The highest BCUT2D eigenvalue weighted by molar-refractivity contribution is 7.89. The first-order valence-corrected chi connectivity index (χ1v) is 9.15. The molecule has 0 radical (unpaired) electrons. The third-order valence-corrected chi connectivity index (χ3v) is 6.58. The summed E-state index contributed by atoms with van der Waals surface area (Å²) < 4.78 is 27.6. The summed E-state index contributed by atoms with van der Waals surface area (Å²) in [6, 6.07) is 14.5. The number of hydrogen-bond donors (Lipinski definition) is 0. The Hall–Kier alpha value is -1.36. The second kappa shape index (κ2) is 6.03. The number of nitrogens with zero attached hydrogens (tertiary/aromatic N) is 1. The monoisotopic (exact) mass is 335 g/mol. The molecule has 0 saturated carbocycles. The Morgan fingerprint density at radius 3 is 2.50 bits per heavy atom. The maximum Gasteiger partial charge on any atom is 0.245 e. The first-order valence-electron chi connectivity index (χ1n) is 7.34. The molecule has 3 nitrogen and oxygen atoms in total. The van der Waals surface area contributed by atoms with Gasteiger partial charge in [-0.05, 0) is 43.0 Å². The van der Waals surface area contributed by atoms with Gasteiger partial charge >= 0.3 is 0 Å². The van der Waals surface area contributed by atoms with Crippen LogP contribution in [-0.2, 0) is 10.0 Å². The van der Waals surface area contributed by atoms with E-state index in [1.807, 2.05) is 31.2 Å². The van der Waals surface area contributed by atoms with E-state index in [0.29, 0.717) is 6.54 Å². The molecule has 1 heterocycles. The van der Waals surface area contributed by atoms with Gasteiger partial charge in [-0.15, -0.1) is 0 Å². The van der Waals surface area contributed by atoms with E-state index in [1.54, 1.807) is 28.6 Å². The molecule has 0 aromatic heterocycles. The highest BCUT2D eigenvalue weighted by atomic mass is 35.5. The molecule has 3 rings (SSSR count). The van der Waals surface area contributed by atoms with Gasteiger partial charge in [0.2, 0.25) is 10.0 Å². The molecule has 1 aliphatic rings. The van der Waals surface area contributed by atoms with Crippen molar-refractivity contribution in [3.63, 3.8) is 0 Å². The second-order valence-electron chi connectivity index (χ2n) is 5.56. The number of aryl methyl sites for hydroxylation is 1. The molecule has 1 atom stereocenters. The molecule has 0 spiro atoms. The molecular formula is C17H18ClNO2S. The van der Waals surface area contributed by atoms with Gasteiger partial charge in [-0.25, -0.2) is 8.42 Å². The van der Waals surface area contributed by atoms with Gasteiger partial charge in [-0.2, -0.15) is 4.31 Å². The number of halogens is 1. The molecule has 22 heavy (non-hydrogen) atoms. The lowest BCUT2D eigenvalue weighted by Gasteiger charge is -2.26. The van der Waals surface area contributed by atoms with E-state index >= 15 is 0 Å². The minimum absolute atomic E-state index is 0.109. The molecule has 2 aromatic carbocycles. The van der Waals surface area contributed by atoms with Crippen LogP contribution in [0.3, 0.4) is 0 Å². The van der Waals surface area contributed by atoms with Gasteiger partial charge < -0.3 is 0 Å². The summed E-state index contributed by atoms with van der Waals surface area (Å²) in [5.41, 5.74) is 2.20. The van der Waals surface area contributed by atoms with E-state index in [4.69, 9.17) is 11.6 Å². The predicted molar refractivity (Wildman–Crippen MR) is 88.5 cm³/mol. The molecule has 0 amide bonds. The fourth-order valence-corrected chi connectivity index (χ4v) is 5.25. The lowest BCUT2D eigenvalue weighted by molar-refractivity contribution is 0.395. The zero-order valence-corrected chi connectivity index (χ0v) is 13.9. The average Bonchev–Trinajstić information content (AvgIpc) is 2.98. The van der Waals surface area contributed by atoms with Crippen LogP contribution >= 0.6 is 11.6 Å². The van der Waals surface area contributed by atoms with Crippen molar-refractivity contribution >= 4 is 21.6 Å². The van der Waals surface area contributed by atoms with Gasteiger partial charge in [0, 0.05) is 6.54 Å². The van der Waals surface area contributed by atoms with Crippen molar-refractivity contribution in [2.75, 3.05) is 6.54 Å². The molecular weight excluding hydrogens is 318 g/mol. The Kier molecular flexibility index (Phi) is 4.26. The Morgan fingerprint density at radius 2 is 1.77 bits per heavy atom. The third kappa shape index (κ3) is 2.67. The van der Waals surface area contributed by atoms with Crippen molar-refractivity contribution in [3.05, 3.63) is 64.7 Å². The zero-order valence-electron chi connectivity index (χ0n) is 12.4. The zero-order chi connectivity index (χ0) is 15.7. The van der Waals surface area contributed by atoms with Crippen LogP contribution in [0.5, 0.6) is 0 Å². The lowest BCUT2D eigenvalue weighted by Crippen LogP contribution is -2.31. The van der Waals surface area contributed by atoms with Gasteiger partial charge in [0.1, 0.15) is 4.90 Å². The van der Waals surface area contributed by atoms with Crippen LogP contribution < -0.4 is 0 Å². The SMILES string of the molecule is Cc1ccccc1[C@H]1CCCN1S(=O)(=O)c1ccccc1Cl. The highest BCUT2D eigenvalue weighted by Crippen LogP contribution is 2.38. The standard InChI is InChI=1S/C17H18ClNO2S/c1-13-7-2-3-8-14(13)16-10-6-12-19(16)22(20,21)17-11-5-4-9-15(17)18/h2-5,7-9,11,16H,6,10,12H2,1H3/t16-/m1/s1. The smallest absolute Gasteiger partial charge is 0.207 e. The second-order valence-corrected chi connectivity index (χ2v) is 7.83. The minimum atomic E-state index is -3.58. The molecule has 0 unspecified atom stereocenters. The van der Waals surface area contributed by atoms with Crippen LogP contribution in [0, 0.1) is 6.92 Å². The van der Waals surface area contributed by atoms with Crippen molar-refractivity contribution in [3.8, 4) is 0 Å². The average molecular weight is 336 g/mol. The van der Waals surface area contributed by atoms with Crippen LogP contribution in [0.2, 0.25) is 5.02 Å². The summed E-state index contributed by atoms with van der Waals surface area (Å²) in [5.74, 6) is 0. The van der Waals surface area contributed by atoms with Gasteiger partial charge in [0.05, 0.1) is 11.1 Å². The fraction of sp³-hybridized carbons (Fsp3) is 0.294. The fourth-order valence-electron chi connectivity index (χ4n) is 3.08. The number of benzene rings is 2. The Balaban J connectivity index is 2.04. The number of sulfonamides is 1. The first-order chi connectivity index (χ1) is 10.5. The van der Waals surface area contributed by atoms with Crippen LogP contribution in [-0.4, -0.2) is 19.3 Å². The first kappa shape index (κ1) is 15.5. The summed E-state index contributed by atoms with van der Waals surface area (Å²) >= 11 is 6.11. The predicted octanol–water partition coefficient (Wildman–Crippen LogP) is 4.17.